The van der Waals surface area contributed by atoms with E-state index in [1.807, 2.05) is 0 Å². The van der Waals surface area contributed by atoms with Gasteiger partial charge in [0.05, 0.1) is 23.6 Å². The molecule has 118 valence electrons. The molecular formula is C13H15N3O6. The highest BCUT2D eigenvalue weighted by Crippen LogP contribution is 2.15. The summed E-state index contributed by atoms with van der Waals surface area (Å²) >= 11 is 0. The van der Waals surface area contributed by atoms with E-state index < -0.39 is 24.1 Å². The normalized spacial score (nSPS) is 16.6. The summed E-state index contributed by atoms with van der Waals surface area (Å²) in [6, 6.07) is 8.30. The average Bonchev–Trinajstić information content (AvgIpc) is 2.44. The molecule has 9 heteroatoms. The van der Waals surface area contributed by atoms with E-state index in [0.29, 0.717) is 5.56 Å². The molecule has 0 spiro atoms. The Morgan fingerprint density at radius 3 is 2.64 bits per heavy atom. The molecule has 0 radical (unpaired) electrons. The molecule has 2 rings (SSSR count). The molecule has 1 aromatic carbocycles. The van der Waals surface area contributed by atoms with Crippen LogP contribution in [-0.2, 0) is 14.4 Å². The number of aliphatic carboxylic acids is 1. The van der Waals surface area contributed by atoms with E-state index in [1.54, 1.807) is 30.3 Å². The number of ether oxygens (including phenoxy) is 1. The summed E-state index contributed by atoms with van der Waals surface area (Å²) in [5, 5.41) is 24.5. The Kier molecular flexibility index (Phi) is 4.77. The predicted molar refractivity (Wildman–Crippen MR) is 71.2 cm³/mol. The summed E-state index contributed by atoms with van der Waals surface area (Å²) in [6.07, 6.45) is -1.05. The molecule has 22 heavy (non-hydrogen) atoms. The zero-order chi connectivity index (χ0) is 16.1. The van der Waals surface area contributed by atoms with Gasteiger partial charge in [0, 0.05) is 6.92 Å². The number of nitrogens with zero attached hydrogens (tertiary/aromatic N) is 3. The number of esters is 1. The molecule has 1 aliphatic rings. The maximum atomic E-state index is 11.7. The smallest absolute Gasteiger partial charge is 0.341 e. The van der Waals surface area contributed by atoms with Crippen molar-refractivity contribution in [3.8, 4) is 0 Å². The van der Waals surface area contributed by atoms with Crippen LogP contribution in [0.4, 0.5) is 0 Å². The third kappa shape index (κ3) is 3.84. The summed E-state index contributed by atoms with van der Waals surface area (Å²) in [7, 11) is 0. The van der Waals surface area contributed by atoms with Crippen molar-refractivity contribution >= 4 is 11.9 Å². The first kappa shape index (κ1) is 15.5. The van der Waals surface area contributed by atoms with Gasteiger partial charge in [0.15, 0.2) is 0 Å². The van der Waals surface area contributed by atoms with Crippen molar-refractivity contribution < 1.29 is 29.2 Å². The number of carboxylic acid groups (broad SMARTS) is 1. The third-order valence-electron chi connectivity index (χ3n) is 3.00. The number of carbonyl (C=O) groups excluding carboxylic acids is 1. The minimum Gasteiger partial charge on any atom is -0.569 e. The van der Waals surface area contributed by atoms with Gasteiger partial charge in [0.25, 0.3) is 6.29 Å². The number of benzene rings is 1. The van der Waals surface area contributed by atoms with Gasteiger partial charge in [-0.1, -0.05) is 18.2 Å². The van der Waals surface area contributed by atoms with Crippen LogP contribution in [0.25, 0.3) is 0 Å². The Labute approximate surface area is 125 Å². The molecule has 1 fully saturated rings. The van der Waals surface area contributed by atoms with Crippen LogP contribution >= 0.6 is 0 Å². The van der Waals surface area contributed by atoms with E-state index in [0.717, 1.165) is 5.01 Å². The number of carboxylic acids is 1. The van der Waals surface area contributed by atoms with Crippen LogP contribution in [0.3, 0.4) is 0 Å². The second-order valence-electron chi connectivity index (χ2n) is 4.69. The molecule has 9 nitrogen and oxygen atoms in total. The van der Waals surface area contributed by atoms with Gasteiger partial charge >= 0.3 is 11.9 Å². The Bertz CT molecular complexity index is 570. The molecule has 0 saturated carbocycles. The number of carbonyl (C=O) groups is 2. The number of hydrogen-bond donors (Lipinski definition) is 1. The quantitative estimate of drug-likeness (QED) is 0.274. The van der Waals surface area contributed by atoms with Gasteiger partial charge in [-0.3, -0.25) is 9.63 Å². The van der Waals surface area contributed by atoms with E-state index in [9.17, 15) is 14.8 Å². The third-order valence-corrected chi connectivity index (χ3v) is 3.00. The molecule has 1 aliphatic heterocycles. The van der Waals surface area contributed by atoms with Crippen molar-refractivity contribution in [1.82, 2.24) is 5.01 Å². The molecular weight excluding hydrogens is 294 g/mol. The molecule has 0 bridgehead atoms. The van der Waals surface area contributed by atoms with E-state index in [2.05, 4.69) is 5.28 Å². The van der Waals surface area contributed by atoms with Crippen molar-refractivity contribution in [1.29, 1.82) is 0 Å². The Morgan fingerprint density at radius 1 is 1.41 bits per heavy atom. The van der Waals surface area contributed by atoms with Crippen LogP contribution in [0.2, 0.25) is 0 Å². The standard InChI is InChI=1S/C13H15N3O6/c1-9(21-13(19)10-5-3-2-4-6-10)22-14-16(20)15-7-11(8-15)12(17)18/h2-6,9,11H,7-8H2,1H3,(H,17,18)/b16-14+. The number of rotatable bonds is 6. The largest absolute Gasteiger partial charge is 0.569 e. The molecule has 0 aromatic heterocycles. The monoisotopic (exact) mass is 309 g/mol. The highest BCUT2D eigenvalue weighted by molar-refractivity contribution is 5.89. The fourth-order valence-electron chi connectivity index (χ4n) is 1.72. The summed E-state index contributed by atoms with van der Waals surface area (Å²) < 4.78 is 4.94. The topological polar surface area (TPSA) is 114 Å². The molecule has 0 aliphatic carbocycles. The van der Waals surface area contributed by atoms with Gasteiger partial charge < -0.3 is 15.1 Å². The molecule has 1 saturated heterocycles. The number of hydrogen-bond acceptors (Lipinski definition) is 6. The lowest BCUT2D eigenvalue weighted by Gasteiger charge is -2.31. The fourth-order valence-corrected chi connectivity index (χ4v) is 1.72. The maximum absolute atomic E-state index is 11.7. The second kappa shape index (κ2) is 6.74. The molecule has 1 heterocycles. The molecule has 0 amide bonds. The minimum absolute atomic E-state index is 0.0594. The fraction of sp³-hybridized carbons (Fsp3) is 0.385. The van der Waals surface area contributed by atoms with Crippen molar-refractivity contribution in [2.45, 2.75) is 13.2 Å². The summed E-state index contributed by atoms with van der Waals surface area (Å²) in [5.41, 5.74) is 0.351. The molecule has 1 unspecified atom stereocenters. The van der Waals surface area contributed by atoms with Crippen LogP contribution in [0.15, 0.2) is 35.6 Å². The highest BCUT2D eigenvalue weighted by atomic mass is 16.8. The van der Waals surface area contributed by atoms with Gasteiger partial charge in [0.1, 0.15) is 5.92 Å². The number of hydrazine groups is 1. The lowest BCUT2D eigenvalue weighted by atomic mass is 10.0. The van der Waals surface area contributed by atoms with Crippen LogP contribution in [-0.4, -0.2) is 46.4 Å². The maximum Gasteiger partial charge on any atom is 0.341 e. The van der Waals surface area contributed by atoms with Gasteiger partial charge in [-0.05, 0) is 12.1 Å². The first-order valence-corrected chi connectivity index (χ1v) is 6.55. The zero-order valence-electron chi connectivity index (χ0n) is 11.8. The minimum atomic E-state index is -1.05. The first-order chi connectivity index (χ1) is 10.5. The van der Waals surface area contributed by atoms with E-state index in [4.69, 9.17) is 14.7 Å². The van der Waals surface area contributed by atoms with Crippen LogP contribution in [0.5, 0.6) is 0 Å². The molecule has 1 N–H and O–H groups in total. The molecule has 1 aromatic rings. The molecule has 1 atom stereocenters. The lowest BCUT2D eigenvalue weighted by molar-refractivity contribution is -0.727. The van der Waals surface area contributed by atoms with Crippen LogP contribution in [0, 0.1) is 11.1 Å². The van der Waals surface area contributed by atoms with Crippen LogP contribution in [0.1, 0.15) is 17.3 Å². The highest BCUT2D eigenvalue weighted by Gasteiger charge is 2.38. The Balaban J connectivity index is 1.78. The van der Waals surface area contributed by atoms with Gasteiger partial charge in [-0.15, -0.1) is 5.01 Å². The van der Waals surface area contributed by atoms with Gasteiger partial charge in [-0.25, -0.2) is 4.79 Å². The van der Waals surface area contributed by atoms with Gasteiger partial charge in [0.2, 0.25) is 5.28 Å². The summed E-state index contributed by atoms with van der Waals surface area (Å²) in [6.45, 7) is 1.53. The Morgan fingerprint density at radius 2 is 2.05 bits per heavy atom. The van der Waals surface area contributed by atoms with Crippen molar-refractivity contribution in [2.24, 2.45) is 11.2 Å². The Hall–Kier alpha value is -2.84. The van der Waals surface area contributed by atoms with Crippen LogP contribution < -0.4 is 0 Å². The average molecular weight is 309 g/mol. The summed E-state index contributed by atoms with van der Waals surface area (Å²) in [4.78, 5) is 27.2. The van der Waals surface area contributed by atoms with E-state index in [-0.39, 0.29) is 18.1 Å². The second-order valence-corrected chi connectivity index (χ2v) is 4.69. The first-order valence-electron chi connectivity index (χ1n) is 6.55. The van der Waals surface area contributed by atoms with Gasteiger partial charge in [-0.2, -0.15) is 0 Å². The van der Waals surface area contributed by atoms with Crippen molar-refractivity contribution in [2.75, 3.05) is 13.1 Å². The zero-order valence-corrected chi connectivity index (χ0v) is 11.8. The van der Waals surface area contributed by atoms with E-state index >= 15 is 0 Å². The van der Waals surface area contributed by atoms with E-state index in [1.165, 1.54) is 6.92 Å². The summed E-state index contributed by atoms with van der Waals surface area (Å²) in [5.74, 6) is -2.15. The lowest BCUT2D eigenvalue weighted by Crippen LogP contribution is -2.53. The van der Waals surface area contributed by atoms with Crippen molar-refractivity contribution in [3.63, 3.8) is 0 Å². The van der Waals surface area contributed by atoms with Crippen molar-refractivity contribution in [3.05, 3.63) is 41.1 Å². The predicted octanol–water partition coefficient (Wildman–Crippen LogP) is 1.01. The SMILES string of the molecule is CC(O/N=[N+](/[O-])N1CC(C(=O)O)C1)OC(=O)c1ccccc1.